The lowest BCUT2D eigenvalue weighted by molar-refractivity contribution is 0.282. The van der Waals surface area contributed by atoms with Crippen molar-refractivity contribution in [2.45, 2.75) is 59.5 Å². The number of thiazole rings is 1. The van der Waals surface area contributed by atoms with Crippen molar-refractivity contribution in [3.05, 3.63) is 10.6 Å². The normalized spacial score (nSPS) is 22.1. The summed E-state index contributed by atoms with van der Waals surface area (Å²) in [7, 11) is 0. The van der Waals surface area contributed by atoms with Crippen LogP contribution in [0.25, 0.3) is 0 Å². The molecular weight excluding hydrogens is 242 g/mol. The van der Waals surface area contributed by atoms with Gasteiger partial charge in [-0.25, -0.2) is 4.98 Å². The van der Waals surface area contributed by atoms with E-state index in [0.29, 0.717) is 6.04 Å². The molecule has 0 amide bonds. The molecule has 1 heterocycles. The van der Waals surface area contributed by atoms with E-state index in [1.807, 2.05) is 0 Å². The Hall–Kier alpha value is -0.610. The molecule has 1 atom stereocenters. The molecule has 0 saturated heterocycles. The number of hydrogen-bond donors (Lipinski definition) is 1. The molecule has 0 saturated carbocycles. The Kier molecular flexibility index (Phi) is 3.70. The zero-order valence-corrected chi connectivity index (χ0v) is 13.0. The molecule has 4 heteroatoms. The summed E-state index contributed by atoms with van der Waals surface area (Å²) < 4.78 is 0. The van der Waals surface area contributed by atoms with Gasteiger partial charge in [-0.1, -0.05) is 25.2 Å². The first-order valence-electron chi connectivity index (χ1n) is 6.86. The Morgan fingerprint density at radius 3 is 2.72 bits per heavy atom. The fraction of sp³-hybridized carbons (Fsp3) is 0.786. The number of nitrogens with zero attached hydrogens (tertiary/aromatic N) is 2. The van der Waals surface area contributed by atoms with Crippen molar-refractivity contribution >= 4 is 16.5 Å². The second-order valence-corrected chi connectivity index (χ2v) is 7.35. The summed E-state index contributed by atoms with van der Waals surface area (Å²) in [6.07, 6.45) is 2.12. The molecule has 0 bridgehead atoms. The van der Waals surface area contributed by atoms with Gasteiger partial charge in [0.1, 0.15) is 0 Å². The topological polar surface area (TPSA) is 42.2 Å². The molecule has 1 aromatic rings. The third kappa shape index (κ3) is 2.54. The van der Waals surface area contributed by atoms with E-state index in [2.05, 4.69) is 39.5 Å². The van der Waals surface area contributed by atoms with Crippen LogP contribution < -0.4 is 10.6 Å². The third-order valence-corrected chi connectivity index (χ3v) is 4.95. The smallest absolute Gasteiger partial charge is 0.186 e. The molecule has 18 heavy (non-hydrogen) atoms. The van der Waals surface area contributed by atoms with E-state index in [9.17, 15) is 0 Å². The Bertz CT molecular complexity index is 423. The molecule has 1 aliphatic carbocycles. The van der Waals surface area contributed by atoms with Crippen molar-refractivity contribution in [1.82, 2.24) is 4.98 Å². The van der Waals surface area contributed by atoms with Crippen LogP contribution in [0.5, 0.6) is 0 Å². The van der Waals surface area contributed by atoms with Crippen LogP contribution in [0.4, 0.5) is 5.13 Å². The van der Waals surface area contributed by atoms with Crippen molar-refractivity contribution in [3.8, 4) is 0 Å². The minimum Gasteiger partial charge on any atom is -0.346 e. The van der Waals surface area contributed by atoms with Gasteiger partial charge in [-0.2, -0.15) is 0 Å². The molecule has 102 valence electrons. The molecule has 0 spiro atoms. The highest BCUT2D eigenvalue weighted by molar-refractivity contribution is 7.15. The van der Waals surface area contributed by atoms with Crippen molar-refractivity contribution < 1.29 is 0 Å². The predicted octanol–water partition coefficient (Wildman–Crippen LogP) is 3.35. The average Bonchev–Trinajstić information content (AvgIpc) is 2.60. The lowest BCUT2D eigenvalue weighted by Crippen LogP contribution is -2.30. The summed E-state index contributed by atoms with van der Waals surface area (Å²) in [5, 5.41) is 1.14. The fourth-order valence-electron chi connectivity index (χ4n) is 2.82. The number of hydrogen-bond acceptors (Lipinski definition) is 4. The Balaban J connectivity index is 2.34. The fourth-order valence-corrected chi connectivity index (χ4v) is 4.10. The predicted molar refractivity (Wildman–Crippen MR) is 79.3 cm³/mol. The second kappa shape index (κ2) is 4.82. The quantitative estimate of drug-likeness (QED) is 0.913. The zero-order valence-electron chi connectivity index (χ0n) is 12.2. The molecule has 2 rings (SSSR count). The Morgan fingerprint density at radius 1 is 1.50 bits per heavy atom. The monoisotopic (exact) mass is 267 g/mol. The van der Waals surface area contributed by atoms with E-state index < -0.39 is 0 Å². The minimum atomic E-state index is 0.167. The van der Waals surface area contributed by atoms with Gasteiger partial charge < -0.3 is 10.6 Å². The molecule has 0 radical (unpaired) electrons. The Labute approximate surface area is 114 Å². The van der Waals surface area contributed by atoms with Crippen LogP contribution in [0.2, 0.25) is 0 Å². The van der Waals surface area contributed by atoms with E-state index >= 15 is 0 Å². The zero-order chi connectivity index (χ0) is 13.5. The van der Waals surface area contributed by atoms with Gasteiger partial charge in [0, 0.05) is 23.5 Å². The number of aromatic nitrogens is 1. The molecule has 3 nitrogen and oxygen atoms in total. The average molecular weight is 267 g/mol. The molecule has 0 fully saturated rings. The first-order valence-corrected chi connectivity index (χ1v) is 7.67. The van der Waals surface area contributed by atoms with Gasteiger partial charge in [-0.3, -0.25) is 0 Å². The van der Waals surface area contributed by atoms with E-state index in [1.54, 1.807) is 11.3 Å². The first kappa shape index (κ1) is 13.8. The van der Waals surface area contributed by atoms with E-state index in [1.165, 1.54) is 10.6 Å². The molecule has 0 aliphatic heterocycles. The van der Waals surface area contributed by atoms with Gasteiger partial charge in [0.2, 0.25) is 0 Å². The Morgan fingerprint density at radius 2 is 2.17 bits per heavy atom. The largest absolute Gasteiger partial charge is 0.346 e. The molecule has 2 N–H and O–H groups in total. The molecular formula is C14H25N3S. The summed E-state index contributed by atoms with van der Waals surface area (Å²) in [5.74, 6) is 0. The highest BCUT2D eigenvalue weighted by Crippen LogP contribution is 2.43. The number of anilines is 1. The van der Waals surface area contributed by atoms with Crippen LogP contribution in [0.3, 0.4) is 0 Å². The van der Waals surface area contributed by atoms with Crippen LogP contribution >= 0.6 is 11.3 Å². The van der Waals surface area contributed by atoms with Gasteiger partial charge in [0.15, 0.2) is 5.13 Å². The third-order valence-electron chi connectivity index (χ3n) is 3.68. The minimum absolute atomic E-state index is 0.167. The van der Waals surface area contributed by atoms with Crippen LogP contribution in [-0.4, -0.2) is 17.6 Å². The van der Waals surface area contributed by atoms with Gasteiger partial charge in [-0.15, -0.1) is 0 Å². The van der Waals surface area contributed by atoms with E-state index in [0.717, 1.165) is 24.5 Å². The highest BCUT2D eigenvalue weighted by atomic mass is 32.1. The van der Waals surface area contributed by atoms with Crippen LogP contribution in [0, 0.1) is 5.41 Å². The van der Waals surface area contributed by atoms with Crippen molar-refractivity contribution in [3.63, 3.8) is 0 Å². The first-order chi connectivity index (χ1) is 8.34. The van der Waals surface area contributed by atoms with Crippen molar-refractivity contribution in [1.29, 1.82) is 0 Å². The van der Waals surface area contributed by atoms with Gasteiger partial charge in [0.25, 0.3) is 0 Å². The van der Waals surface area contributed by atoms with Crippen molar-refractivity contribution in [2.75, 3.05) is 11.4 Å². The van der Waals surface area contributed by atoms with Gasteiger partial charge in [-0.05, 0) is 39.0 Å². The number of fused-ring (bicyclic) bond motifs is 1. The maximum atomic E-state index is 6.30. The number of nitrogens with two attached hydrogens (primary N) is 1. The van der Waals surface area contributed by atoms with Crippen molar-refractivity contribution in [2.24, 2.45) is 11.1 Å². The maximum Gasteiger partial charge on any atom is 0.186 e. The standard InChI is InChI=1S/C14H25N3S/c1-6-17(9(2)3)13-16-11-8-14(4,5)7-10(15)12(11)18-13/h9-10H,6-8,15H2,1-5H3. The summed E-state index contributed by atoms with van der Waals surface area (Å²) in [6, 6.07) is 0.660. The summed E-state index contributed by atoms with van der Waals surface area (Å²) >= 11 is 1.79. The molecule has 1 aromatic heterocycles. The molecule has 1 aliphatic rings. The van der Waals surface area contributed by atoms with Crippen LogP contribution in [0.15, 0.2) is 0 Å². The van der Waals surface area contributed by atoms with E-state index in [4.69, 9.17) is 10.7 Å². The van der Waals surface area contributed by atoms with Crippen LogP contribution in [0.1, 0.15) is 57.7 Å². The van der Waals surface area contributed by atoms with Gasteiger partial charge >= 0.3 is 0 Å². The second-order valence-electron chi connectivity index (χ2n) is 6.34. The summed E-state index contributed by atoms with van der Waals surface area (Å²) in [5.41, 5.74) is 7.82. The molecule has 1 unspecified atom stereocenters. The lowest BCUT2D eigenvalue weighted by Gasteiger charge is -2.32. The lowest BCUT2D eigenvalue weighted by atomic mass is 9.77. The molecule has 0 aromatic carbocycles. The summed E-state index contributed by atoms with van der Waals surface area (Å²) in [6.45, 7) is 12.2. The highest BCUT2D eigenvalue weighted by Gasteiger charge is 2.33. The maximum absolute atomic E-state index is 6.30. The summed E-state index contributed by atoms with van der Waals surface area (Å²) in [4.78, 5) is 8.51. The van der Waals surface area contributed by atoms with E-state index in [-0.39, 0.29) is 11.5 Å². The van der Waals surface area contributed by atoms with Gasteiger partial charge in [0.05, 0.1) is 5.69 Å². The SMILES string of the molecule is CCN(c1nc2c(s1)C(N)CC(C)(C)C2)C(C)C. The van der Waals surface area contributed by atoms with Crippen LogP contribution in [-0.2, 0) is 6.42 Å². The number of rotatable bonds is 3.